The number of nitrogens with two attached hydrogens (primary N) is 1. The minimum absolute atomic E-state index is 0.384. The second-order valence-electron chi connectivity index (χ2n) is 5.08. The van der Waals surface area contributed by atoms with Gasteiger partial charge in [0.05, 0.1) is 6.10 Å². The zero-order chi connectivity index (χ0) is 11.5. The van der Waals surface area contributed by atoms with E-state index in [2.05, 4.69) is 13.8 Å². The van der Waals surface area contributed by atoms with Crippen molar-refractivity contribution in [2.45, 2.75) is 39.2 Å². The van der Waals surface area contributed by atoms with Gasteiger partial charge in [-0.1, -0.05) is 13.8 Å². The van der Waals surface area contributed by atoms with Gasteiger partial charge >= 0.3 is 0 Å². The minimum Gasteiger partial charge on any atom is -0.490 e. The summed E-state index contributed by atoms with van der Waals surface area (Å²) in [5.74, 6) is 2.56. The highest BCUT2D eigenvalue weighted by atomic mass is 16.5. The van der Waals surface area contributed by atoms with Crippen LogP contribution in [0.25, 0.3) is 0 Å². The molecule has 1 aromatic rings. The van der Waals surface area contributed by atoms with E-state index in [9.17, 15) is 0 Å². The van der Waals surface area contributed by atoms with Gasteiger partial charge in [-0.15, -0.1) is 0 Å². The Kier molecular flexibility index (Phi) is 3.37. The SMILES string of the molecule is CC1CCC(Oc2ccc(N)cc2)CC1C. The maximum atomic E-state index is 5.97. The van der Waals surface area contributed by atoms with E-state index in [0.29, 0.717) is 6.10 Å². The molecule has 2 heteroatoms. The Morgan fingerprint density at radius 2 is 1.75 bits per heavy atom. The van der Waals surface area contributed by atoms with E-state index in [1.807, 2.05) is 24.3 Å². The van der Waals surface area contributed by atoms with E-state index in [4.69, 9.17) is 10.5 Å². The Morgan fingerprint density at radius 3 is 2.38 bits per heavy atom. The smallest absolute Gasteiger partial charge is 0.119 e. The molecular weight excluding hydrogens is 198 g/mol. The lowest BCUT2D eigenvalue weighted by Gasteiger charge is -2.32. The van der Waals surface area contributed by atoms with Crippen molar-refractivity contribution >= 4 is 5.69 Å². The van der Waals surface area contributed by atoms with Gasteiger partial charge < -0.3 is 10.5 Å². The van der Waals surface area contributed by atoms with Gasteiger partial charge in [0, 0.05) is 5.69 Å². The third-order valence-electron chi connectivity index (χ3n) is 3.73. The summed E-state index contributed by atoms with van der Waals surface area (Å²) in [4.78, 5) is 0. The van der Waals surface area contributed by atoms with E-state index in [-0.39, 0.29) is 0 Å². The van der Waals surface area contributed by atoms with Crippen LogP contribution in [0.3, 0.4) is 0 Å². The van der Waals surface area contributed by atoms with Gasteiger partial charge in [0.2, 0.25) is 0 Å². The van der Waals surface area contributed by atoms with Crippen molar-refractivity contribution in [3.63, 3.8) is 0 Å². The van der Waals surface area contributed by atoms with Crippen LogP contribution < -0.4 is 10.5 Å². The fraction of sp³-hybridized carbons (Fsp3) is 0.571. The van der Waals surface area contributed by atoms with Gasteiger partial charge in [-0.2, -0.15) is 0 Å². The fourth-order valence-corrected chi connectivity index (χ4v) is 2.34. The van der Waals surface area contributed by atoms with E-state index in [0.717, 1.165) is 23.3 Å². The quantitative estimate of drug-likeness (QED) is 0.773. The summed E-state index contributed by atoms with van der Waals surface area (Å²) >= 11 is 0. The number of ether oxygens (including phenoxy) is 1. The zero-order valence-electron chi connectivity index (χ0n) is 10.1. The first-order valence-electron chi connectivity index (χ1n) is 6.17. The predicted molar refractivity (Wildman–Crippen MR) is 67.4 cm³/mol. The number of benzene rings is 1. The van der Waals surface area contributed by atoms with E-state index >= 15 is 0 Å². The van der Waals surface area contributed by atoms with Gasteiger partial charge in [-0.25, -0.2) is 0 Å². The number of anilines is 1. The van der Waals surface area contributed by atoms with Crippen molar-refractivity contribution < 1.29 is 4.74 Å². The second-order valence-corrected chi connectivity index (χ2v) is 5.08. The lowest BCUT2D eigenvalue weighted by atomic mass is 9.80. The summed E-state index contributed by atoms with van der Waals surface area (Å²) < 4.78 is 5.97. The molecule has 0 amide bonds. The molecule has 2 rings (SSSR count). The van der Waals surface area contributed by atoms with Crippen LogP contribution in [0.2, 0.25) is 0 Å². The van der Waals surface area contributed by atoms with Crippen molar-refractivity contribution in [3.8, 4) is 5.75 Å². The molecule has 1 aliphatic carbocycles. The first kappa shape index (κ1) is 11.3. The molecule has 1 fully saturated rings. The topological polar surface area (TPSA) is 35.2 Å². The highest BCUT2D eigenvalue weighted by Gasteiger charge is 2.25. The average molecular weight is 219 g/mol. The fourth-order valence-electron chi connectivity index (χ4n) is 2.34. The Balaban J connectivity index is 1.93. The lowest BCUT2D eigenvalue weighted by Crippen LogP contribution is -2.28. The zero-order valence-corrected chi connectivity index (χ0v) is 10.1. The number of hydrogen-bond donors (Lipinski definition) is 1. The van der Waals surface area contributed by atoms with Crippen LogP contribution in [0.15, 0.2) is 24.3 Å². The molecule has 2 nitrogen and oxygen atoms in total. The molecule has 88 valence electrons. The normalized spacial score (nSPS) is 30.0. The first-order valence-corrected chi connectivity index (χ1v) is 6.17. The summed E-state index contributed by atoms with van der Waals surface area (Å²) in [6.07, 6.45) is 4.01. The van der Waals surface area contributed by atoms with Gasteiger partial charge in [-0.05, 0) is 55.4 Å². The third kappa shape index (κ3) is 2.69. The molecule has 0 aliphatic heterocycles. The number of rotatable bonds is 2. The predicted octanol–water partition coefficient (Wildman–Crippen LogP) is 3.47. The van der Waals surface area contributed by atoms with Gasteiger partial charge in [0.25, 0.3) is 0 Å². The third-order valence-corrected chi connectivity index (χ3v) is 3.73. The molecule has 1 aliphatic rings. The first-order chi connectivity index (χ1) is 7.65. The molecule has 0 saturated heterocycles. The van der Waals surface area contributed by atoms with Crippen molar-refractivity contribution in [1.29, 1.82) is 0 Å². The van der Waals surface area contributed by atoms with Crippen molar-refractivity contribution in [1.82, 2.24) is 0 Å². The maximum absolute atomic E-state index is 5.97. The van der Waals surface area contributed by atoms with Gasteiger partial charge in [0.1, 0.15) is 5.75 Å². The molecule has 3 atom stereocenters. The van der Waals surface area contributed by atoms with Crippen molar-refractivity contribution in [2.24, 2.45) is 11.8 Å². The number of nitrogen functional groups attached to an aromatic ring is 1. The lowest BCUT2D eigenvalue weighted by molar-refractivity contribution is 0.101. The highest BCUT2D eigenvalue weighted by Crippen LogP contribution is 2.31. The molecule has 3 unspecified atom stereocenters. The molecule has 1 saturated carbocycles. The summed E-state index contributed by atoms with van der Waals surface area (Å²) in [6.45, 7) is 4.66. The minimum atomic E-state index is 0.384. The second kappa shape index (κ2) is 4.77. The summed E-state index contributed by atoms with van der Waals surface area (Å²) in [5, 5.41) is 0. The number of hydrogen-bond acceptors (Lipinski definition) is 2. The van der Waals surface area contributed by atoms with E-state index < -0.39 is 0 Å². The molecular formula is C14H21NO. The standard InChI is InChI=1S/C14H21NO/c1-10-3-6-14(9-11(10)2)16-13-7-4-12(15)5-8-13/h4-5,7-8,10-11,14H,3,6,9,15H2,1-2H3. The van der Waals surface area contributed by atoms with Crippen LogP contribution in [0.1, 0.15) is 33.1 Å². The van der Waals surface area contributed by atoms with Crippen LogP contribution in [-0.4, -0.2) is 6.10 Å². The van der Waals surface area contributed by atoms with E-state index in [1.165, 1.54) is 19.3 Å². The molecule has 1 aromatic carbocycles. The van der Waals surface area contributed by atoms with Crippen LogP contribution >= 0.6 is 0 Å². The molecule has 0 radical (unpaired) electrons. The highest BCUT2D eigenvalue weighted by molar-refractivity contribution is 5.41. The van der Waals surface area contributed by atoms with Gasteiger partial charge in [-0.3, -0.25) is 0 Å². The Morgan fingerprint density at radius 1 is 1.06 bits per heavy atom. The van der Waals surface area contributed by atoms with E-state index in [1.54, 1.807) is 0 Å². The van der Waals surface area contributed by atoms with Crippen LogP contribution in [0, 0.1) is 11.8 Å². The Bertz CT molecular complexity index is 333. The van der Waals surface area contributed by atoms with Crippen molar-refractivity contribution in [2.75, 3.05) is 5.73 Å². The molecule has 16 heavy (non-hydrogen) atoms. The maximum Gasteiger partial charge on any atom is 0.119 e. The molecule has 0 bridgehead atoms. The summed E-state index contributed by atoms with van der Waals surface area (Å²) in [6, 6.07) is 7.70. The monoisotopic (exact) mass is 219 g/mol. The van der Waals surface area contributed by atoms with Crippen LogP contribution in [0.5, 0.6) is 5.75 Å². The Labute approximate surface area is 97.8 Å². The van der Waals surface area contributed by atoms with Crippen LogP contribution in [0.4, 0.5) is 5.69 Å². The summed E-state index contributed by atoms with van der Waals surface area (Å²) in [5.41, 5.74) is 6.43. The Hall–Kier alpha value is -1.18. The average Bonchev–Trinajstić information content (AvgIpc) is 2.27. The summed E-state index contributed by atoms with van der Waals surface area (Å²) in [7, 11) is 0. The molecule has 0 aromatic heterocycles. The largest absolute Gasteiger partial charge is 0.490 e. The molecule has 0 heterocycles. The van der Waals surface area contributed by atoms with Gasteiger partial charge in [0.15, 0.2) is 0 Å². The molecule has 2 N–H and O–H groups in total. The van der Waals surface area contributed by atoms with Crippen LogP contribution in [-0.2, 0) is 0 Å². The molecule has 0 spiro atoms. The van der Waals surface area contributed by atoms with Crippen molar-refractivity contribution in [3.05, 3.63) is 24.3 Å².